The summed E-state index contributed by atoms with van der Waals surface area (Å²) in [6.45, 7) is 2.91. The molecule has 1 aliphatic heterocycles. The van der Waals surface area contributed by atoms with Crippen LogP contribution in [0.25, 0.3) is 0 Å². The van der Waals surface area contributed by atoms with E-state index in [1.54, 1.807) is 41.5 Å². The van der Waals surface area contributed by atoms with E-state index < -0.39 is 36.3 Å². The maximum absolute atomic E-state index is 3.09. The lowest BCUT2D eigenvalue weighted by Gasteiger charge is -2.55. The molecule has 54 heavy (non-hydrogen) atoms. The van der Waals surface area contributed by atoms with Gasteiger partial charge in [-0.15, -0.1) is 0 Å². The first-order valence-electron chi connectivity index (χ1n) is 19.0. The largest absolute Gasteiger partial charge is 0.120 e. The number of hydrogen-bond acceptors (Lipinski definition) is 0. The van der Waals surface area contributed by atoms with Gasteiger partial charge < -0.3 is 0 Å². The van der Waals surface area contributed by atoms with Crippen LogP contribution in [0.15, 0.2) is 243 Å². The van der Waals surface area contributed by atoms with Gasteiger partial charge in [0.2, 0.25) is 0 Å². The molecule has 0 amide bonds. The van der Waals surface area contributed by atoms with Crippen LogP contribution in [0.5, 0.6) is 0 Å². The van der Waals surface area contributed by atoms with Gasteiger partial charge in [0.25, 0.3) is 0 Å². The van der Waals surface area contributed by atoms with Crippen LogP contribution in [-0.4, -0.2) is 36.3 Å². The molecule has 259 valence electrons. The Hall–Kier alpha value is -5.16. The molecule has 0 N–H and O–H groups in total. The van der Waals surface area contributed by atoms with Crippen LogP contribution in [-0.2, 0) is 0 Å². The highest BCUT2D eigenvalue weighted by Crippen LogP contribution is 2.45. The van der Waals surface area contributed by atoms with Crippen LogP contribution in [0.2, 0.25) is 6.55 Å². The second-order valence-corrected chi connectivity index (χ2v) is 56.8. The van der Waals surface area contributed by atoms with Gasteiger partial charge in [-0.3, -0.25) is 0 Å². The molecule has 0 aliphatic carbocycles. The van der Waals surface area contributed by atoms with E-state index in [1.807, 2.05) is 0 Å². The second kappa shape index (κ2) is 14.2. The number of hydrogen-bond donors (Lipinski definition) is 0. The highest BCUT2D eigenvalue weighted by atomic mass is 30.2. The smallest absolute Gasteiger partial charge is 0.0687 e. The van der Waals surface area contributed by atoms with E-state index in [9.17, 15) is 0 Å². The Kier molecular flexibility index (Phi) is 9.13. The highest BCUT2D eigenvalue weighted by Gasteiger charge is 2.87. The molecule has 0 bridgehead atoms. The fourth-order valence-corrected chi connectivity index (χ4v) is 178. The minimum Gasteiger partial charge on any atom is -0.0687 e. The molecule has 1 fully saturated rings. The molecule has 1 unspecified atom stereocenters. The average molecular weight is 772 g/mol. The molecule has 1 radical (unpaired) electrons. The molecular formula is C49H43Si5. The zero-order valence-corrected chi connectivity index (χ0v) is 35.6. The fraction of sp³-hybridized carbons (Fsp3) is 0.0204. The molecule has 0 saturated carbocycles. The van der Waals surface area contributed by atoms with Crippen molar-refractivity contribution >= 4 is 77.8 Å². The third kappa shape index (κ3) is 4.76. The summed E-state index contributed by atoms with van der Waals surface area (Å²) in [4.78, 5) is 0. The van der Waals surface area contributed by atoms with Gasteiger partial charge in [0.1, 0.15) is 21.3 Å². The van der Waals surface area contributed by atoms with Gasteiger partial charge in [0.05, 0.1) is 14.9 Å². The van der Waals surface area contributed by atoms with Crippen molar-refractivity contribution in [1.82, 2.24) is 0 Å². The van der Waals surface area contributed by atoms with Crippen LogP contribution in [0.3, 0.4) is 0 Å². The lowest BCUT2D eigenvalue weighted by molar-refractivity contribution is 1.70. The molecule has 8 aromatic carbocycles. The Bertz CT molecular complexity index is 2310. The van der Waals surface area contributed by atoms with E-state index in [2.05, 4.69) is 249 Å². The summed E-state index contributed by atoms with van der Waals surface area (Å²) in [5, 5.41) is 12.8. The van der Waals surface area contributed by atoms with Gasteiger partial charge in [0, 0.05) is 0 Å². The summed E-state index contributed by atoms with van der Waals surface area (Å²) >= 11 is 0. The summed E-state index contributed by atoms with van der Waals surface area (Å²) in [5.41, 5.74) is 0. The maximum Gasteiger partial charge on any atom is 0.120 e. The van der Waals surface area contributed by atoms with Gasteiger partial charge in [-0.05, 0) is 0 Å². The molecule has 1 atom stereocenters. The molecule has 1 aliphatic rings. The van der Waals surface area contributed by atoms with Gasteiger partial charge >= 0.3 is 0 Å². The van der Waals surface area contributed by atoms with Crippen molar-refractivity contribution in [3.05, 3.63) is 243 Å². The first-order valence-corrected chi connectivity index (χ1v) is 34.0. The second-order valence-electron chi connectivity index (χ2n) is 14.7. The van der Waals surface area contributed by atoms with Crippen LogP contribution in [0, 0.1) is 0 Å². The minimum absolute atomic E-state index is 1.48. The molecule has 1 saturated heterocycles. The fourth-order valence-electron chi connectivity index (χ4n) is 10.9. The van der Waals surface area contributed by atoms with Crippen molar-refractivity contribution in [3.63, 3.8) is 0 Å². The van der Waals surface area contributed by atoms with Crippen LogP contribution in [0.4, 0.5) is 0 Å². The molecule has 1 heterocycles. The van der Waals surface area contributed by atoms with E-state index in [1.165, 1.54) is 0 Å². The summed E-state index contributed by atoms with van der Waals surface area (Å²) in [6, 6.07) is 96.6. The maximum atomic E-state index is 2.91. The molecule has 0 nitrogen and oxygen atoms in total. The van der Waals surface area contributed by atoms with Gasteiger partial charge in [-0.2, -0.15) is 0 Å². The lowest BCUT2D eigenvalue weighted by Crippen LogP contribution is -2.99. The quantitative estimate of drug-likeness (QED) is 0.178. The highest BCUT2D eigenvalue weighted by molar-refractivity contribution is 8.22. The standard InChI is InChI=1S/C49H43Si5/c1-51(43-28-12-3-13-29-43)50(42-26-10-2-11-27-42)52(44-30-14-4-15-31-44,45-32-16-5-17-33-45)54(48-38-22-8-23-39-48,49-40-24-9-25-41-49)53(51,46-34-18-6-19-35-46)47-36-20-7-21-37-47/h2-41H,1H3. The summed E-state index contributed by atoms with van der Waals surface area (Å²) < 4.78 is 0. The van der Waals surface area contributed by atoms with E-state index in [0.29, 0.717) is 0 Å². The Balaban J connectivity index is 1.71. The molecule has 0 spiro atoms. The number of rotatable bonds is 8. The predicted molar refractivity (Wildman–Crippen MR) is 243 cm³/mol. The third-order valence-electron chi connectivity index (χ3n) is 12.4. The Morgan fingerprint density at radius 2 is 0.500 bits per heavy atom. The van der Waals surface area contributed by atoms with Crippen molar-refractivity contribution in [3.8, 4) is 0 Å². The van der Waals surface area contributed by atoms with Crippen molar-refractivity contribution in [2.24, 2.45) is 0 Å². The van der Waals surface area contributed by atoms with Crippen LogP contribution >= 0.6 is 0 Å². The summed E-state index contributed by atoms with van der Waals surface area (Å²) in [7, 11) is -13.3. The molecule has 5 heteroatoms. The Labute approximate surface area is 325 Å². The van der Waals surface area contributed by atoms with E-state index in [4.69, 9.17) is 0 Å². The lowest BCUT2D eigenvalue weighted by atomic mass is 10.4. The molecule has 8 aromatic rings. The Morgan fingerprint density at radius 3 is 0.815 bits per heavy atom. The minimum atomic E-state index is -3.09. The van der Waals surface area contributed by atoms with Crippen molar-refractivity contribution in [2.45, 2.75) is 6.55 Å². The average Bonchev–Trinajstić information content (AvgIpc) is 3.47. The SMILES string of the molecule is C[Si]1(c2ccccc2)[Si](c2ccccc2)[Si](c2ccccc2)(c2ccccc2)[Si](c2ccccc2)(c2ccccc2)[Si]1(c1ccccc1)c1ccccc1. The zero-order valence-electron chi connectivity index (χ0n) is 30.6. The molecular weight excluding hydrogens is 729 g/mol. The van der Waals surface area contributed by atoms with Crippen LogP contribution < -0.4 is 41.5 Å². The van der Waals surface area contributed by atoms with E-state index in [-0.39, 0.29) is 0 Å². The van der Waals surface area contributed by atoms with Gasteiger partial charge in [-0.1, -0.05) is 291 Å². The monoisotopic (exact) mass is 771 g/mol. The van der Waals surface area contributed by atoms with Gasteiger partial charge in [0.15, 0.2) is 0 Å². The van der Waals surface area contributed by atoms with Crippen molar-refractivity contribution in [1.29, 1.82) is 0 Å². The van der Waals surface area contributed by atoms with E-state index >= 15 is 0 Å². The molecule has 0 aromatic heterocycles. The van der Waals surface area contributed by atoms with Crippen molar-refractivity contribution in [2.75, 3.05) is 0 Å². The van der Waals surface area contributed by atoms with E-state index in [0.717, 1.165) is 0 Å². The zero-order chi connectivity index (χ0) is 36.5. The summed E-state index contributed by atoms with van der Waals surface area (Å²) in [5.74, 6) is 0. The Morgan fingerprint density at radius 1 is 0.259 bits per heavy atom. The first kappa shape index (κ1) is 34.6. The van der Waals surface area contributed by atoms with Crippen molar-refractivity contribution < 1.29 is 0 Å². The van der Waals surface area contributed by atoms with Gasteiger partial charge in [-0.25, -0.2) is 0 Å². The predicted octanol–water partition coefficient (Wildman–Crippen LogP) is 5.57. The topological polar surface area (TPSA) is 0 Å². The number of benzene rings is 8. The third-order valence-corrected chi connectivity index (χ3v) is 103. The molecule has 9 rings (SSSR count). The first-order chi connectivity index (χ1) is 26.7. The summed E-state index contributed by atoms with van der Waals surface area (Å²) in [6.07, 6.45) is 0. The normalized spacial score (nSPS) is 18.5. The van der Waals surface area contributed by atoms with Crippen LogP contribution in [0.1, 0.15) is 0 Å².